The molecule has 0 N–H and O–H groups in total. The van der Waals surface area contributed by atoms with E-state index in [0.29, 0.717) is 6.42 Å². The van der Waals surface area contributed by atoms with E-state index in [9.17, 15) is 4.79 Å². The van der Waals surface area contributed by atoms with Gasteiger partial charge in [0.05, 0.1) is 5.71 Å². The normalized spacial score (nSPS) is 12.2. The predicted molar refractivity (Wildman–Crippen MR) is 136 cm³/mol. The molecule has 4 rings (SSSR count). The largest absolute Gasteiger partial charge is 0.458 e. The van der Waals surface area contributed by atoms with E-state index in [1.807, 2.05) is 93.6 Å². The minimum atomic E-state index is -0.666. The molecule has 0 aliphatic rings. The van der Waals surface area contributed by atoms with Gasteiger partial charge in [0, 0.05) is 17.5 Å². The highest BCUT2D eigenvalue weighted by Gasteiger charge is 2.26. The Kier molecular flexibility index (Phi) is 6.69. The van der Waals surface area contributed by atoms with Gasteiger partial charge in [0.15, 0.2) is 6.04 Å². The maximum atomic E-state index is 13.3. The van der Waals surface area contributed by atoms with Crippen LogP contribution >= 0.6 is 0 Å². The number of aliphatic imine (C=N–C) groups is 1. The van der Waals surface area contributed by atoms with Crippen LogP contribution in [0.2, 0.25) is 0 Å². The SMILES string of the molecule is CC(C)(C)OC(=O)[C@H](Cc1ccc2ccccc2c1)N=C(c1ccccc1)c1ccccc1. The molecule has 0 aliphatic carbocycles. The molecule has 4 aromatic carbocycles. The molecule has 3 heteroatoms. The number of fused-ring (bicyclic) bond motifs is 1. The zero-order chi connectivity index (χ0) is 23.3. The first-order valence-electron chi connectivity index (χ1n) is 11.3. The van der Waals surface area contributed by atoms with Crippen molar-refractivity contribution in [3.05, 3.63) is 120 Å². The van der Waals surface area contributed by atoms with Crippen LogP contribution in [0.5, 0.6) is 0 Å². The van der Waals surface area contributed by atoms with Crippen molar-refractivity contribution in [3.8, 4) is 0 Å². The minimum Gasteiger partial charge on any atom is -0.458 e. The fourth-order valence-corrected chi connectivity index (χ4v) is 3.80. The Morgan fingerprint density at radius 1 is 0.758 bits per heavy atom. The van der Waals surface area contributed by atoms with Crippen molar-refractivity contribution >= 4 is 22.5 Å². The van der Waals surface area contributed by atoms with Crippen LogP contribution in [-0.2, 0) is 16.0 Å². The van der Waals surface area contributed by atoms with E-state index in [1.165, 1.54) is 5.39 Å². The van der Waals surface area contributed by atoms with Crippen LogP contribution in [0.3, 0.4) is 0 Å². The van der Waals surface area contributed by atoms with Gasteiger partial charge >= 0.3 is 5.97 Å². The molecule has 166 valence electrons. The second kappa shape index (κ2) is 9.83. The second-order valence-electron chi connectivity index (χ2n) is 9.14. The van der Waals surface area contributed by atoms with Crippen LogP contribution in [0.4, 0.5) is 0 Å². The maximum Gasteiger partial charge on any atom is 0.331 e. The smallest absolute Gasteiger partial charge is 0.331 e. The van der Waals surface area contributed by atoms with E-state index in [-0.39, 0.29) is 5.97 Å². The molecule has 0 heterocycles. The highest BCUT2D eigenvalue weighted by Crippen LogP contribution is 2.21. The van der Waals surface area contributed by atoms with Crippen LogP contribution in [0, 0.1) is 0 Å². The number of carbonyl (C=O) groups is 1. The molecule has 0 unspecified atom stereocenters. The number of ether oxygens (including phenoxy) is 1. The summed E-state index contributed by atoms with van der Waals surface area (Å²) in [5.41, 5.74) is 3.18. The average Bonchev–Trinajstić information content (AvgIpc) is 2.81. The Morgan fingerprint density at radius 2 is 1.30 bits per heavy atom. The molecular formula is C30H29NO2. The number of nitrogens with zero attached hydrogens (tertiary/aromatic N) is 1. The third-order valence-corrected chi connectivity index (χ3v) is 5.30. The van der Waals surface area contributed by atoms with Crippen molar-refractivity contribution < 1.29 is 9.53 Å². The molecular weight excluding hydrogens is 406 g/mol. The van der Waals surface area contributed by atoms with Gasteiger partial charge in [-0.1, -0.05) is 103 Å². The van der Waals surface area contributed by atoms with E-state index >= 15 is 0 Å². The first-order chi connectivity index (χ1) is 15.9. The summed E-state index contributed by atoms with van der Waals surface area (Å²) in [6, 6.07) is 33.8. The van der Waals surface area contributed by atoms with Gasteiger partial charge in [-0.3, -0.25) is 4.99 Å². The van der Waals surface area contributed by atoms with E-state index < -0.39 is 11.6 Å². The first kappa shape index (κ1) is 22.5. The zero-order valence-electron chi connectivity index (χ0n) is 19.4. The maximum absolute atomic E-state index is 13.3. The van der Waals surface area contributed by atoms with Gasteiger partial charge in [-0.2, -0.15) is 0 Å². The van der Waals surface area contributed by atoms with Crippen LogP contribution in [-0.4, -0.2) is 23.3 Å². The highest BCUT2D eigenvalue weighted by atomic mass is 16.6. The lowest BCUT2D eigenvalue weighted by Gasteiger charge is -2.23. The second-order valence-corrected chi connectivity index (χ2v) is 9.14. The van der Waals surface area contributed by atoms with Crippen LogP contribution in [0.1, 0.15) is 37.5 Å². The fraction of sp³-hybridized carbons (Fsp3) is 0.200. The number of hydrogen-bond donors (Lipinski definition) is 0. The monoisotopic (exact) mass is 435 g/mol. The molecule has 0 radical (unpaired) electrons. The summed E-state index contributed by atoms with van der Waals surface area (Å²) in [6.07, 6.45) is 0.461. The van der Waals surface area contributed by atoms with Gasteiger partial charge in [-0.25, -0.2) is 4.79 Å². The summed E-state index contributed by atoms with van der Waals surface area (Å²) in [4.78, 5) is 18.3. The minimum absolute atomic E-state index is 0.319. The van der Waals surface area contributed by atoms with E-state index in [1.54, 1.807) is 0 Å². The third-order valence-electron chi connectivity index (χ3n) is 5.30. The molecule has 1 atom stereocenters. The molecule has 0 spiro atoms. The summed E-state index contributed by atoms with van der Waals surface area (Å²) >= 11 is 0. The van der Waals surface area contributed by atoms with Crippen molar-refractivity contribution in [2.24, 2.45) is 4.99 Å². The molecule has 4 aromatic rings. The molecule has 0 bridgehead atoms. The predicted octanol–water partition coefficient (Wildman–Crippen LogP) is 6.63. The van der Waals surface area contributed by atoms with Gasteiger partial charge in [-0.05, 0) is 37.1 Å². The van der Waals surface area contributed by atoms with Gasteiger partial charge in [0.1, 0.15) is 5.60 Å². The topological polar surface area (TPSA) is 38.7 Å². The van der Waals surface area contributed by atoms with Gasteiger partial charge in [0.25, 0.3) is 0 Å². The Bertz CT molecular complexity index is 1210. The number of carbonyl (C=O) groups excluding carboxylic acids is 1. The molecule has 33 heavy (non-hydrogen) atoms. The molecule has 0 saturated carbocycles. The van der Waals surface area contributed by atoms with Gasteiger partial charge < -0.3 is 4.74 Å². The zero-order valence-corrected chi connectivity index (χ0v) is 19.4. The molecule has 0 aliphatic heterocycles. The highest BCUT2D eigenvalue weighted by molar-refractivity contribution is 6.13. The van der Waals surface area contributed by atoms with Crippen LogP contribution in [0.25, 0.3) is 10.8 Å². The van der Waals surface area contributed by atoms with E-state index in [4.69, 9.17) is 9.73 Å². The van der Waals surface area contributed by atoms with Gasteiger partial charge in [-0.15, -0.1) is 0 Å². The molecule has 0 aromatic heterocycles. The average molecular weight is 436 g/mol. The summed E-state index contributed by atoms with van der Waals surface area (Å²) in [5, 5.41) is 2.32. The van der Waals surface area contributed by atoms with Crippen molar-refractivity contribution in [2.45, 2.75) is 38.8 Å². The van der Waals surface area contributed by atoms with Crippen LogP contribution < -0.4 is 0 Å². The Morgan fingerprint density at radius 3 is 1.88 bits per heavy atom. The lowest BCUT2D eigenvalue weighted by Crippen LogP contribution is -2.33. The lowest BCUT2D eigenvalue weighted by atomic mass is 9.99. The lowest BCUT2D eigenvalue weighted by molar-refractivity contribution is -0.156. The van der Waals surface area contributed by atoms with E-state index in [2.05, 4.69) is 30.3 Å². The van der Waals surface area contributed by atoms with Crippen LogP contribution in [0.15, 0.2) is 108 Å². The molecule has 0 saturated heterocycles. The third kappa shape index (κ3) is 5.95. The van der Waals surface area contributed by atoms with Crippen molar-refractivity contribution in [3.63, 3.8) is 0 Å². The Hall–Kier alpha value is -3.72. The number of rotatable bonds is 6. The van der Waals surface area contributed by atoms with Crippen molar-refractivity contribution in [2.75, 3.05) is 0 Å². The summed E-state index contributed by atoms with van der Waals surface area (Å²) in [7, 11) is 0. The standard InChI is InChI=1S/C30H29NO2/c1-30(2,3)33-29(32)27(21-22-18-19-23-12-10-11-17-26(23)20-22)31-28(24-13-6-4-7-14-24)25-15-8-5-9-16-25/h4-20,27H,21H2,1-3H3/t27-/m0/s1. The van der Waals surface area contributed by atoms with E-state index in [0.717, 1.165) is 27.8 Å². The quantitative estimate of drug-likeness (QED) is 0.252. The molecule has 3 nitrogen and oxygen atoms in total. The number of esters is 1. The first-order valence-corrected chi connectivity index (χ1v) is 11.3. The fourth-order valence-electron chi connectivity index (χ4n) is 3.80. The van der Waals surface area contributed by atoms with Crippen molar-refractivity contribution in [1.29, 1.82) is 0 Å². The number of benzene rings is 4. The molecule has 0 amide bonds. The van der Waals surface area contributed by atoms with Crippen molar-refractivity contribution in [1.82, 2.24) is 0 Å². The molecule has 0 fully saturated rings. The summed E-state index contributed by atoms with van der Waals surface area (Å²) in [5.74, 6) is -0.319. The van der Waals surface area contributed by atoms with Gasteiger partial charge in [0.2, 0.25) is 0 Å². The Balaban J connectivity index is 1.77. The summed E-state index contributed by atoms with van der Waals surface area (Å²) < 4.78 is 5.79. The Labute approximate surface area is 195 Å². The summed E-state index contributed by atoms with van der Waals surface area (Å²) in [6.45, 7) is 5.66. The number of hydrogen-bond acceptors (Lipinski definition) is 3.